The zero-order valence-corrected chi connectivity index (χ0v) is 10.3. The fraction of sp³-hybridized carbons (Fsp3) is 0. The van der Waals surface area contributed by atoms with Crippen LogP contribution in [0.2, 0.25) is 0 Å². The van der Waals surface area contributed by atoms with Gasteiger partial charge in [-0.3, -0.25) is 10.6 Å². The molecule has 0 aromatic heterocycles. The smallest absolute Gasteiger partial charge is 0.261 e. The predicted molar refractivity (Wildman–Crippen MR) is 71.5 cm³/mol. The highest BCUT2D eigenvalue weighted by Gasteiger charge is 2.13. The second-order valence-electron chi connectivity index (χ2n) is 3.64. The van der Waals surface area contributed by atoms with E-state index >= 15 is 0 Å². The van der Waals surface area contributed by atoms with Gasteiger partial charge < -0.3 is 5.43 Å². The summed E-state index contributed by atoms with van der Waals surface area (Å²) in [6.45, 7) is 0. The number of sulfonamides is 1. The van der Waals surface area contributed by atoms with Crippen LogP contribution >= 0.6 is 0 Å². The van der Waals surface area contributed by atoms with E-state index in [-0.39, 0.29) is 4.90 Å². The molecule has 0 aliphatic rings. The lowest BCUT2D eigenvalue weighted by Gasteiger charge is -2.08. The van der Waals surface area contributed by atoms with Crippen molar-refractivity contribution in [3.05, 3.63) is 54.6 Å². The van der Waals surface area contributed by atoms with Crippen LogP contribution in [-0.2, 0) is 10.0 Å². The fourth-order valence-electron chi connectivity index (χ4n) is 1.45. The van der Waals surface area contributed by atoms with Crippen LogP contribution in [0.25, 0.3) is 0 Å². The fourth-order valence-corrected chi connectivity index (χ4v) is 2.51. The average Bonchev–Trinajstić information content (AvgIpc) is 2.39. The third-order valence-corrected chi connectivity index (χ3v) is 3.75. The number of nitrogen functional groups attached to an aromatic ring is 1. The van der Waals surface area contributed by atoms with Gasteiger partial charge in [0.25, 0.3) is 10.0 Å². The molecule has 0 spiro atoms. The minimum atomic E-state index is -3.56. The van der Waals surface area contributed by atoms with E-state index in [1.54, 1.807) is 36.4 Å². The number of nitrogens with two attached hydrogens (primary N) is 1. The molecule has 18 heavy (non-hydrogen) atoms. The van der Waals surface area contributed by atoms with Gasteiger partial charge in [0.05, 0.1) is 4.90 Å². The van der Waals surface area contributed by atoms with Gasteiger partial charge in [0, 0.05) is 11.4 Å². The first kappa shape index (κ1) is 12.4. The highest BCUT2D eigenvalue weighted by Crippen LogP contribution is 2.17. The maximum Gasteiger partial charge on any atom is 0.261 e. The molecule has 0 aliphatic heterocycles. The topological polar surface area (TPSA) is 84.2 Å². The van der Waals surface area contributed by atoms with E-state index in [9.17, 15) is 8.42 Å². The molecule has 6 heteroatoms. The van der Waals surface area contributed by atoms with Crippen molar-refractivity contribution in [2.24, 2.45) is 5.84 Å². The third-order valence-electron chi connectivity index (χ3n) is 2.36. The Hall–Kier alpha value is -2.05. The lowest BCUT2D eigenvalue weighted by atomic mass is 10.3. The Kier molecular flexibility index (Phi) is 3.50. The summed E-state index contributed by atoms with van der Waals surface area (Å²) in [5.41, 5.74) is 3.61. The highest BCUT2D eigenvalue weighted by molar-refractivity contribution is 7.92. The third kappa shape index (κ3) is 2.79. The molecule has 0 saturated heterocycles. The first-order valence-electron chi connectivity index (χ1n) is 5.26. The van der Waals surface area contributed by atoms with Crippen molar-refractivity contribution in [3.8, 4) is 0 Å². The average molecular weight is 263 g/mol. The number of rotatable bonds is 4. The van der Waals surface area contributed by atoms with Gasteiger partial charge in [-0.05, 0) is 36.4 Å². The lowest BCUT2D eigenvalue weighted by molar-refractivity contribution is 0.601. The molecule has 0 amide bonds. The summed E-state index contributed by atoms with van der Waals surface area (Å²) >= 11 is 0. The van der Waals surface area contributed by atoms with Crippen molar-refractivity contribution in [2.75, 3.05) is 10.1 Å². The quantitative estimate of drug-likeness (QED) is 0.580. The Morgan fingerprint density at radius 3 is 2.00 bits per heavy atom. The van der Waals surface area contributed by atoms with Crippen LogP contribution in [0.15, 0.2) is 59.5 Å². The maximum absolute atomic E-state index is 12.0. The predicted octanol–water partition coefficient (Wildman–Crippen LogP) is 1.77. The van der Waals surface area contributed by atoms with Gasteiger partial charge in [-0.25, -0.2) is 8.42 Å². The number of hydrazine groups is 1. The number of hydrogen-bond acceptors (Lipinski definition) is 4. The van der Waals surface area contributed by atoms with Crippen molar-refractivity contribution in [3.63, 3.8) is 0 Å². The van der Waals surface area contributed by atoms with E-state index in [0.717, 1.165) is 0 Å². The van der Waals surface area contributed by atoms with Gasteiger partial charge in [-0.1, -0.05) is 18.2 Å². The van der Waals surface area contributed by atoms with Crippen LogP contribution in [0.3, 0.4) is 0 Å². The Labute approximate surface area is 106 Å². The number of nitrogens with one attached hydrogen (secondary N) is 2. The first-order valence-corrected chi connectivity index (χ1v) is 6.75. The zero-order valence-electron chi connectivity index (χ0n) is 9.50. The first-order chi connectivity index (χ1) is 8.62. The molecule has 0 heterocycles. The number of benzene rings is 2. The van der Waals surface area contributed by atoms with Crippen LogP contribution in [-0.4, -0.2) is 8.42 Å². The van der Waals surface area contributed by atoms with Crippen molar-refractivity contribution >= 4 is 21.4 Å². The van der Waals surface area contributed by atoms with Gasteiger partial charge >= 0.3 is 0 Å². The SMILES string of the molecule is NNc1ccc(S(=O)(=O)Nc2ccccc2)cc1. The van der Waals surface area contributed by atoms with Gasteiger partial charge in [-0.15, -0.1) is 0 Å². The van der Waals surface area contributed by atoms with Crippen LogP contribution in [0.1, 0.15) is 0 Å². The minimum Gasteiger partial charge on any atom is -0.324 e. The molecule has 0 aliphatic carbocycles. The molecule has 2 aromatic carbocycles. The van der Waals surface area contributed by atoms with E-state index in [0.29, 0.717) is 11.4 Å². The molecule has 2 rings (SSSR count). The van der Waals surface area contributed by atoms with Crippen LogP contribution in [0, 0.1) is 0 Å². The molecule has 4 N–H and O–H groups in total. The molecular weight excluding hydrogens is 250 g/mol. The lowest BCUT2D eigenvalue weighted by Crippen LogP contribution is -2.13. The summed E-state index contributed by atoms with van der Waals surface area (Å²) in [4.78, 5) is 0.186. The Morgan fingerprint density at radius 2 is 1.44 bits per heavy atom. The van der Waals surface area contributed by atoms with Crippen LogP contribution in [0.4, 0.5) is 11.4 Å². The van der Waals surface area contributed by atoms with E-state index in [1.165, 1.54) is 12.1 Å². The Bertz CT molecular complexity index is 610. The molecule has 94 valence electrons. The minimum absolute atomic E-state index is 0.186. The number of hydrogen-bond donors (Lipinski definition) is 3. The second-order valence-corrected chi connectivity index (χ2v) is 5.32. The molecule has 0 bridgehead atoms. The number of para-hydroxylation sites is 1. The molecule has 0 atom stereocenters. The summed E-state index contributed by atoms with van der Waals surface area (Å²) in [6, 6.07) is 14.9. The summed E-state index contributed by atoms with van der Waals surface area (Å²) in [7, 11) is -3.56. The Balaban J connectivity index is 2.25. The standard InChI is InChI=1S/C12H13N3O2S/c13-14-10-6-8-12(9-7-10)18(16,17)15-11-4-2-1-3-5-11/h1-9,14-15H,13H2. The summed E-state index contributed by atoms with van der Waals surface area (Å²) in [6.07, 6.45) is 0. The molecule has 0 radical (unpaired) electrons. The zero-order chi connectivity index (χ0) is 13.0. The molecule has 0 saturated carbocycles. The summed E-state index contributed by atoms with van der Waals surface area (Å²) < 4.78 is 26.6. The molecular formula is C12H13N3O2S. The van der Waals surface area contributed by atoms with E-state index in [4.69, 9.17) is 5.84 Å². The van der Waals surface area contributed by atoms with Crippen molar-refractivity contribution < 1.29 is 8.42 Å². The normalized spacial score (nSPS) is 10.9. The van der Waals surface area contributed by atoms with Gasteiger partial charge in [0.1, 0.15) is 0 Å². The highest BCUT2D eigenvalue weighted by atomic mass is 32.2. The molecule has 2 aromatic rings. The van der Waals surface area contributed by atoms with Crippen molar-refractivity contribution in [1.82, 2.24) is 0 Å². The van der Waals surface area contributed by atoms with E-state index in [2.05, 4.69) is 10.1 Å². The maximum atomic E-state index is 12.0. The summed E-state index contributed by atoms with van der Waals surface area (Å²) in [5, 5.41) is 0. The molecule has 0 unspecified atom stereocenters. The molecule has 0 fully saturated rings. The van der Waals surface area contributed by atoms with Crippen LogP contribution in [0.5, 0.6) is 0 Å². The molecule has 5 nitrogen and oxygen atoms in total. The number of anilines is 2. The van der Waals surface area contributed by atoms with E-state index < -0.39 is 10.0 Å². The van der Waals surface area contributed by atoms with E-state index in [1.807, 2.05) is 6.07 Å². The summed E-state index contributed by atoms with van der Waals surface area (Å²) in [5.74, 6) is 5.22. The van der Waals surface area contributed by atoms with Gasteiger partial charge in [-0.2, -0.15) is 0 Å². The van der Waals surface area contributed by atoms with Crippen molar-refractivity contribution in [1.29, 1.82) is 0 Å². The van der Waals surface area contributed by atoms with Crippen molar-refractivity contribution in [2.45, 2.75) is 4.90 Å². The van der Waals surface area contributed by atoms with Gasteiger partial charge in [0.15, 0.2) is 0 Å². The second kappa shape index (κ2) is 5.07. The Morgan fingerprint density at radius 1 is 0.833 bits per heavy atom. The van der Waals surface area contributed by atoms with Gasteiger partial charge in [0.2, 0.25) is 0 Å². The van der Waals surface area contributed by atoms with Crippen LogP contribution < -0.4 is 16.0 Å². The largest absolute Gasteiger partial charge is 0.324 e. The monoisotopic (exact) mass is 263 g/mol.